The third-order valence-corrected chi connectivity index (χ3v) is 9.44. The van der Waals surface area contributed by atoms with E-state index in [9.17, 15) is 28.2 Å². The van der Waals surface area contributed by atoms with Crippen LogP contribution in [0.5, 0.6) is 5.75 Å². The van der Waals surface area contributed by atoms with Gasteiger partial charge in [-0.25, -0.2) is 9.97 Å². The van der Waals surface area contributed by atoms with Crippen molar-refractivity contribution in [1.29, 1.82) is 0 Å². The summed E-state index contributed by atoms with van der Waals surface area (Å²) in [4.78, 5) is 32.1. The van der Waals surface area contributed by atoms with E-state index in [1.807, 2.05) is 40.7 Å². The lowest BCUT2D eigenvalue weighted by Gasteiger charge is -2.24. The van der Waals surface area contributed by atoms with Gasteiger partial charge in [0.25, 0.3) is 0 Å². The summed E-state index contributed by atoms with van der Waals surface area (Å²) < 4.78 is 42.9. The number of alkyl halides is 3. The molecule has 1 aromatic carbocycles. The molecule has 0 aliphatic heterocycles. The number of aliphatic hydroxyl groups is 2. The van der Waals surface area contributed by atoms with E-state index < -0.39 is 42.1 Å². The molecule has 11 nitrogen and oxygen atoms in total. The number of anilines is 2. The lowest BCUT2D eigenvalue weighted by molar-refractivity contribution is -0.274. The second-order valence-electron chi connectivity index (χ2n) is 13.5. The van der Waals surface area contributed by atoms with Crippen LogP contribution in [0.2, 0.25) is 0 Å². The monoisotopic (exact) mass is 685 g/mol. The van der Waals surface area contributed by atoms with E-state index in [0.717, 1.165) is 28.8 Å². The molecule has 5 N–H and O–H groups in total. The number of fused-ring (bicyclic) bond motifs is 1. The van der Waals surface area contributed by atoms with E-state index in [-0.39, 0.29) is 24.0 Å². The van der Waals surface area contributed by atoms with E-state index in [2.05, 4.69) is 25.7 Å². The standard InChI is InChI=1S/C33H38F3N7O4S/c1-15(17-8-10-19(11-9-17)47-33(34,35)36)38-31-39-16(2)23(30-41-25-22(48-30)12-13-37-24(25)18-6-7-18)28(42-31)40-21-14-20(26(44)27(21)45)29(46)43-32(3,4)5/h8-13,15,18,20-21,26-27,44-45H,6-7,14H2,1-5H3,(H,43,46)(H2,38,39,40,42)/t15-,20+,21-,26-,27+/m1/s1. The van der Waals surface area contributed by atoms with Gasteiger partial charge in [-0.2, -0.15) is 4.98 Å². The highest BCUT2D eigenvalue weighted by atomic mass is 32.1. The Bertz CT molecular complexity index is 1810. The van der Waals surface area contributed by atoms with Crippen LogP contribution in [0.3, 0.4) is 0 Å². The molecule has 1 amide bonds. The first-order valence-electron chi connectivity index (χ1n) is 15.8. The fraction of sp³-hybridized carbons (Fsp3) is 0.485. The zero-order valence-corrected chi connectivity index (χ0v) is 27.9. The first kappa shape index (κ1) is 33.8. The van der Waals surface area contributed by atoms with Gasteiger partial charge in [0.05, 0.1) is 45.8 Å². The highest BCUT2D eigenvalue weighted by molar-refractivity contribution is 7.21. The van der Waals surface area contributed by atoms with Crippen LogP contribution >= 0.6 is 11.3 Å². The molecule has 15 heteroatoms. The Morgan fingerprint density at radius 2 is 1.75 bits per heavy atom. The summed E-state index contributed by atoms with van der Waals surface area (Å²) in [5.41, 5.74) is 3.12. The fourth-order valence-electron chi connectivity index (χ4n) is 5.94. The maximum absolute atomic E-state index is 13.0. The maximum atomic E-state index is 13.0. The van der Waals surface area contributed by atoms with Crippen LogP contribution in [0.4, 0.5) is 24.9 Å². The molecule has 6 rings (SSSR count). The van der Waals surface area contributed by atoms with Gasteiger partial charge >= 0.3 is 6.36 Å². The number of nitrogens with zero attached hydrogens (tertiary/aromatic N) is 4. The maximum Gasteiger partial charge on any atom is 0.573 e. The van der Waals surface area contributed by atoms with Crippen LogP contribution in [0.25, 0.3) is 20.8 Å². The molecule has 3 heterocycles. The summed E-state index contributed by atoms with van der Waals surface area (Å²) in [6, 6.07) is 6.29. The fourth-order valence-corrected chi connectivity index (χ4v) is 7.01. The molecule has 0 unspecified atom stereocenters. The Balaban J connectivity index is 1.33. The van der Waals surface area contributed by atoms with E-state index in [4.69, 9.17) is 15.0 Å². The number of hydrogen-bond acceptors (Lipinski definition) is 11. The number of aryl methyl sites for hydroxylation is 1. The van der Waals surface area contributed by atoms with Gasteiger partial charge in [0, 0.05) is 17.7 Å². The summed E-state index contributed by atoms with van der Waals surface area (Å²) in [5, 5.41) is 32.0. The number of carbonyl (C=O) groups is 1. The number of pyridine rings is 1. The van der Waals surface area contributed by atoms with Gasteiger partial charge in [-0.3, -0.25) is 9.78 Å². The average molecular weight is 686 g/mol. The van der Waals surface area contributed by atoms with Crippen molar-refractivity contribution in [2.75, 3.05) is 10.6 Å². The molecule has 2 aliphatic rings. The zero-order valence-electron chi connectivity index (χ0n) is 27.1. The highest BCUT2D eigenvalue weighted by Gasteiger charge is 2.46. The van der Waals surface area contributed by atoms with Crippen molar-refractivity contribution in [1.82, 2.24) is 25.3 Å². The minimum absolute atomic E-state index is 0.147. The van der Waals surface area contributed by atoms with Crippen molar-refractivity contribution in [3.63, 3.8) is 0 Å². The molecule has 2 saturated carbocycles. The average Bonchev–Trinajstić information content (AvgIpc) is 3.68. The van der Waals surface area contributed by atoms with Crippen molar-refractivity contribution in [2.45, 2.75) is 96.0 Å². The summed E-state index contributed by atoms with van der Waals surface area (Å²) in [6.45, 7) is 9.16. The lowest BCUT2D eigenvalue weighted by Crippen LogP contribution is -2.46. The number of aromatic nitrogens is 4. The van der Waals surface area contributed by atoms with Gasteiger partial charge in [0.1, 0.15) is 28.2 Å². The minimum atomic E-state index is -4.79. The predicted octanol–water partition coefficient (Wildman–Crippen LogP) is 5.84. The minimum Gasteiger partial charge on any atom is -0.406 e. The second-order valence-corrected chi connectivity index (χ2v) is 14.5. The number of benzene rings is 1. The summed E-state index contributed by atoms with van der Waals surface area (Å²) in [6.07, 6.45) is -3.29. The summed E-state index contributed by atoms with van der Waals surface area (Å²) >= 11 is 1.47. The Morgan fingerprint density at radius 3 is 2.40 bits per heavy atom. The highest BCUT2D eigenvalue weighted by Crippen LogP contribution is 2.45. The van der Waals surface area contributed by atoms with Crippen LogP contribution in [0.15, 0.2) is 36.5 Å². The number of nitrogens with one attached hydrogen (secondary N) is 3. The molecule has 4 aromatic rings. The molecule has 256 valence electrons. The molecule has 2 aliphatic carbocycles. The van der Waals surface area contributed by atoms with Gasteiger partial charge in [-0.1, -0.05) is 12.1 Å². The van der Waals surface area contributed by atoms with E-state index in [0.29, 0.717) is 33.6 Å². The smallest absolute Gasteiger partial charge is 0.406 e. The Kier molecular flexibility index (Phi) is 8.98. The topological polar surface area (TPSA) is 154 Å². The number of carbonyl (C=O) groups excluding carboxylic acids is 1. The Labute approximate surface area is 279 Å². The van der Waals surface area contributed by atoms with E-state index in [1.54, 1.807) is 6.20 Å². The van der Waals surface area contributed by atoms with E-state index in [1.165, 1.54) is 35.6 Å². The third-order valence-electron chi connectivity index (χ3n) is 8.40. The number of rotatable bonds is 9. The predicted molar refractivity (Wildman–Crippen MR) is 176 cm³/mol. The van der Waals surface area contributed by atoms with Crippen LogP contribution in [0, 0.1) is 12.8 Å². The summed E-state index contributed by atoms with van der Waals surface area (Å²) in [7, 11) is 0. The molecular weight excluding hydrogens is 647 g/mol. The van der Waals surface area contributed by atoms with E-state index >= 15 is 0 Å². The molecule has 48 heavy (non-hydrogen) atoms. The number of aliphatic hydroxyl groups excluding tert-OH is 2. The second kappa shape index (κ2) is 12.7. The number of thiazole rings is 1. The summed E-state index contributed by atoms with van der Waals surface area (Å²) in [5.74, 6) is -0.583. The van der Waals surface area contributed by atoms with Crippen molar-refractivity contribution in [2.24, 2.45) is 5.92 Å². The number of hydrogen-bond donors (Lipinski definition) is 5. The van der Waals surface area contributed by atoms with Crippen molar-refractivity contribution < 1.29 is 32.9 Å². The molecular formula is C33H38F3N7O4S. The number of ether oxygens (including phenoxy) is 1. The van der Waals surface area contributed by atoms with Crippen LogP contribution in [-0.2, 0) is 4.79 Å². The quantitative estimate of drug-likeness (QED) is 0.145. The third kappa shape index (κ3) is 7.47. The molecule has 2 fully saturated rings. The van der Waals surface area contributed by atoms with Crippen molar-refractivity contribution in [3.05, 3.63) is 53.5 Å². The van der Waals surface area contributed by atoms with Gasteiger partial charge in [-0.15, -0.1) is 24.5 Å². The van der Waals surface area contributed by atoms with Gasteiger partial charge in [0.2, 0.25) is 11.9 Å². The number of halogens is 3. The molecule has 0 spiro atoms. The Morgan fingerprint density at radius 1 is 1.04 bits per heavy atom. The largest absolute Gasteiger partial charge is 0.573 e. The SMILES string of the molecule is Cc1nc(N[C@H](C)c2ccc(OC(F)(F)F)cc2)nc(N[C@@H]2C[C@H](C(=O)NC(C)(C)C)[C@@H](O)[C@H]2O)c1-c1nc2c(C3CC3)nccc2s1. The van der Waals surface area contributed by atoms with Crippen molar-refractivity contribution >= 4 is 39.2 Å². The van der Waals surface area contributed by atoms with Gasteiger partial charge < -0.3 is 30.9 Å². The van der Waals surface area contributed by atoms with Crippen LogP contribution in [0.1, 0.15) is 75.9 Å². The molecule has 0 saturated heterocycles. The molecule has 5 atom stereocenters. The first-order chi connectivity index (χ1) is 22.6. The molecule has 0 radical (unpaired) electrons. The van der Waals surface area contributed by atoms with Crippen LogP contribution in [-0.4, -0.2) is 66.2 Å². The Hall–Kier alpha value is -4.08. The molecule has 3 aromatic heterocycles. The lowest BCUT2D eigenvalue weighted by atomic mass is 10.0. The van der Waals surface area contributed by atoms with Gasteiger partial charge in [0.15, 0.2) is 0 Å². The number of amides is 1. The normalized spacial score (nSPS) is 22.0. The first-order valence-corrected chi connectivity index (χ1v) is 16.6. The van der Waals surface area contributed by atoms with Crippen molar-refractivity contribution in [3.8, 4) is 16.3 Å². The van der Waals surface area contributed by atoms with Crippen LogP contribution < -0.4 is 20.7 Å². The molecule has 0 bridgehead atoms. The zero-order chi connectivity index (χ0) is 34.5. The van der Waals surface area contributed by atoms with Gasteiger partial charge in [-0.05, 0) is 77.6 Å².